The second kappa shape index (κ2) is 2.68. The Morgan fingerprint density at radius 1 is 2.00 bits per heavy atom. The summed E-state index contributed by atoms with van der Waals surface area (Å²) in [5, 5.41) is 0. The summed E-state index contributed by atoms with van der Waals surface area (Å²) in [5.74, 6) is 0. The number of hydrogen-bond acceptors (Lipinski definition) is 2. The summed E-state index contributed by atoms with van der Waals surface area (Å²) in [6.07, 6.45) is 0. The van der Waals surface area contributed by atoms with E-state index in [1.165, 1.54) is 0 Å². The molecule has 0 aliphatic rings. The van der Waals surface area contributed by atoms with Crippen LogP contribution in [0.5, 0.6) is 0 Å². The molecule has 0 aliphatic carbocycles. The molecule has 0 aromatic carbocycles. The van der Waals surface area contributed by atoms with Crippen molar-refractivity contribution >= 4 is 40.0 Å². The fraction of sp³-hybridized carbons (Fsp3) is 0. The topological polar surface area (TPSA) is 17.1 Å². The van der Waals surface area contributed by atoms with Gasteiger partial charge in [0.25, 0.3) is 0 Å². The maximum Gasteiger partial charge on any atom is 0.525 e. The summed E-state index contributed by atoms with van der Waals surface area (Å²) < 4.78 is 9.47. The molecule has 0 saturated carbocycles. The minimum atomic E-state index is 0.144. The monoisotopic (exact) mass is 125 g/mol. The van der Waals surface area contributed by atoms with E-state index in [1.807, 2.05) is 0 Å². The molecule has 0 spiro atoms. The van der Waals surface area contributed by atoms with Gasteiger partial charge in [-0.3, -0.25) is 0 Å². The van der Waals surface area contributed by atoms with Crippen molar-refractivity contribution in [2.75, 3.05) is 0 Å². The molecule has 0 N–H and O–H groups in total. The molecule has 0 aromatic heterocycles. The second-order valence-electron chi connectivity index (χ2n) is 0.349. The quantitative estimate of drug-likeness (QED) is 0.290. The lowest BCUT2D eigenvalue weighted by atomic mass is 11.9. The maximum atomic E-state index is 9.33. The van der Waals surface area contributed by atoms with Crippen LogP contribution >= 0.6 is 24.8 Å². The van der Waals surface area contributed by atoms with Gasteiger partial charge >= 0.3 is 15.2 Å². The lowest BCUT2D eigenvalue weighted by Gasteiger charge is -1.38. The van der Waals surface area contributed by atoms with Crippen molar-refractivity contribution in [1.82, 2.24) is 0 Å². The van der Waals surface area contributed by atoms with Gasteiger partial charge in [-0.05, 0) is 12.2 Å². The summed E-state index contributed by atoms with van der Waals surface area (Å²) in [6.45, 7) is 0. The van der Waals surface area contributed by atoms with Crippen LogP contribution in [0, 0.1) is 0 Å². The minimum absolute atomic E-state index is 0.144. The van der Waals surface area contributed by atoms with Crippen molar-refractivity contribution in [2.45, 2.75) is 0 Å². The molecule has 0 aromatic rings. The zero-order valence-electron chi connectivity index (χ0n) is 2.17. The Balaban J connectivity index is 3.20. The van der Waals surface area contributed by atoms with Gasteiger partial charge in [-0.2, -0.15) is 0 Å². The lowest BCUT2D eigenvalue weighted by molar-refractivity contribution is 0.610. The highest BCUT2D eigenvalue weighted by atomic mass is 32.2. The number of thiol groups is 1. The Hall–Kier alpha value is 0.460. The van der Waals surface area contributed by atoms with E-state index in [0.717, 1.165) is 0 Å². The van der Waals surface area contributed by atoms with Crippen molar-refractivity contribution in [1.29, 1.82) is 0 Å². The average molecular weight is 125 g/mol. The van der Waals surface area contributed by atoms with Crippen LogP contribution in [0.1, 0.15) is 0 Å². The van der Waals surface area contributed by atoms with E-state index < -0.39 is 0 Å². The molecular formula is CHOS3+. The zero-order valence-corrected chi connectivity index (χ0v) is 4.70. The normalized spacial score (nSPS) is 6.60. The maximum absolute atomic E-state index is 9.33. The molecule has 28 valence electrons. The Morgan fingerprint density at radius 3 is 2.20 bits per heavy atom. The van der Waals surface area contributed by atoms with Crippen LogP contribution in [-0.2, 0) is 15.9 Å². The SMILES string of the molecule is O=[S+]C(=S)S. The average Bonchev–Trinajstić information content (AvgIpc) is 1.38. The largest absolute Gasteiger partial charge is 0.525 e. The van der Waals surface area contributed by atoms with E-state index in [-0.39, 0.29) is 15.2 Å². The highest BCUT2D eigenvalue weighted by Crippen LogP contribution is 1.75. The summed E-state index contributed by atoms with van der Waals surface area (Å²) in [4.78, 5) is 0. The summed E-state index contributed by atoms with van der Waals surface area (Å²) in [5.41, 5.74) is 0. The second-order valence-corrected chi connectivity index (χ2v) is 2.64. The Morgan fingerprint density at radius 2 is 2.20 bits per heavy atom. The number of rotatable bonds is 0. The standard InChI is InChI=1S/COS3/c2-5-1(3)4/p+1. The van der Waals surface area contributed by atoms with Gasteiger partial charge < -0.3 is 0 Å². The van der Waals surface area contributed by atoms with Crippen molar-refractivity contribution in [3.8, 4) is 0 Å². The Labute approximate surface area is 44.7 Å². The summed E-state index contributed by atoms with van der Waals surface area (Å²) in [6, 6.07) is 0. The van der Waals surface area contributed by atoms with Gasteiger partial charge in [0, 0.05) is 4.21 Å². The van der Waals surface area contributed by atoms with Crippen molar-refractivity contribution < 1.29 is 4.21 Å². The first kappa shape index (κ1) is 5.46. The first-order valence-corrected chi connectivity index (χ1v) is 2.40. The molecular weight excluding hydrogens is 124 g/mol. The summed E-state index contributed by atoms with van der Waals surface area (Å²) >= 11 is 7.92. The van der Waals surface area contributed by atoms with Gasteiger partial charge in [0.2, 0.25) is 0 Å². The molecule has 0 radical (unpaired) electrons. The first-order valence-electron chi connectivity index (χ1n) is 0.799. The number of hydrogen-bond donors (Lipinski definition) is 1. The molecule has 0 atom stereocenters. The van der Waals surface area contributed by atoms with Crippen LogP contribution in [0.3, 0.4) is 0 Å². The molecule has 0 rings (SSSR count). The van der Waals surface area contributed by atoms with E-state index in [9.17, 15) is 4.21 Å². The van der Waals surface area contributed by atoms with Gasteiger partial charge in [-0.25, -0.2) is 0 Å². The molecule has 0 heterocycles. The van der Waals surface area contributed by atoms with Crippen LogP contribution in [0.4, 0.5) is 0 Å². The molecule has 0 aliphatic heterocycles. The Bertz CT molecular complexity index is 57.9. The fourth-order valence-corrected chi connectivity index (χ4v) is 0. The zero-order chi connectivity index (χ0) is 4.28. The van der Waals surface area contributed by atoms with E-state index in [1.54, 1.807) is 0 Å². The van der Waals surface area contributed by atoms with Crippen molar-refractivity contribution in [3.05, 3.63) is 0 Å². The first-order chi connectivity index (χ1) is 2.27. The van der Waals surface area contributed by atoms with Gasteiger partial charge in [0.15, 0.2) is 0 Å². The molecule has 0 unspecified atom stereocenters. The van der Waals surface area contributed by atoms with Crippen LogP contribution in [0.15, 0.2) is 0 Å². The third-order valence-electron chi connectivity index (χ3n) is 0.0713. The van der Waals surface area contributed by atoms with Gasteiger partial charge in [0.05, 0.1) is 0 Å². The van der Waals surface area contributed by atoms with E-state index >= 15 is 0 Å². The highest BCUT2D eigenvalue weighted by Gasteiger charge is 1.97. The molecule has 4 heteroatoms. The van der Waals surface area contributed by atoms with E-state index in [4.69, 9.17) is 0 Å². The molecule has 1 nitrogen and oxygen atoms in total. The smallest absolute Gasteiger partial charge is 0.0643 e. The summed E-state index contributed by atoms with van der Waals surface area (Å²) in [7, 11) is 0. The van der Waals surface area contributed by atoms with Crippen LogP contribution < -0.4 is 0 Å². The molecule has 0 amide bonds. The van der Waals surface area contributed by atoms with E-state index in [2.05, 4.69) is 24.8 Å². The number of thiocarbonyl (C=S) groups is 1. The molecule has 0 fully saturated rings. The fourth-order valence-electron chi connectivity index (χ4n) is 0. The molecule has 5 heavy (non-hydrogen) atoms. The predicted molar refractivity (Wildman–Crippen MR) is 29.6 cm³/mol. The molecule has 0 bridgehead atoms. The van der Waals surface area contributed by atoms with E-state index in [0.29, 0.717) is 0 Å². The van der Waals surface area contributed by atoms with Gasteiger partial charge in [-0.1, -0.05) is 12.6 Å². The van der Waals surface area contributed by atoms with Gasteiger partial charge in [0.1, 0.15) is 0 Å². The highest BCUT2D eigenvalue weighted by molar-refractivity contribution is 8.30. The van der Waals surface area contributed by atoms with Crippen LogP contribution in [-0.4, -0.2) is 3.53 Å². The van der Waals surface area contributed by atoms with Crippen molar-refractivity contribution in [2.24, 2.45) is 0 Å². The lowest BCUT2D eigenvalue weighted by Crippen LogP contribution is -1.67. The van der Waals surface area contributed by atoms with Crippen molar-refractivity contribution in [3.63, 3.8) is 0 Å². The minimum Gasteiger partial charge on any atom is -0.0643 e. The van der Waals surface area contributed by atoms with Crippen LogP contribution in [0.2, 0.25) is 0 Å². The third kappa shape index (κ3) is 4.46. The Kier molecular flexibility index (Phi) is 2.93. The third-order valence-corrected chi connectivity index (χ3v) is 0.642. The van der Waals surface area contributed by atoms with Gasteiger partial charge in [-0.15, -0.1) is 0 Å². The molecule has 0 saturated heterocycles. The van der Waals surface area contributed by atoms with Crippen LogP contribution in [0.25, 0.3) is 0 Å². The predicted octanol–water partition coefficient (Wildman–Crippen LogP) is 0.629.